The van der Waals surface area contributed by atoms with Crippen LogP contribution in [0.2, 0.25) is 0 Å². The van der Waals surface area contributed by atoms with Gasteiger partial charge in [0.1, 0.15) is 5.75 Å². The van der Waals surface area contributed by atoms with Crippen LogP contribution in [-0.2, 0) is 0 Å². The Bertz CT molecular complexity index is 688. The van der Waals surface area contributed by atoms with Crippen LogP contribution in [0.25, 0.3) is 0 Å². The first kappa shape index (κ1) is 16.9. The number of carbonyl (C=O) groups is 1. The number of ether oxygens (including phenoxy) is 1. The SMILES string of the molecule is NCC1CCCCN1C(=O)c1ccc(Oc2ccc(Br)cc2)nc1. The van der Waals surface area contributed by atoms with Crippen LogP contribution in [0.5, 0.6) is 11.6 Å². The Labute approximate surface area is 149 Å². The zero-order chi connectivity index (χ0) is 16.9. The highest BCUT2D eigenvalue weighted by Crippen LogP contribution is 2.23. The van der Waals surface area contributed by atoms with Gasteiger partial charge in [-0.15, -0.1) is 0 Å². The number of piperidine rings is 1. The third kappa shape index (κ3) is 3.94. The molecule has 0 radical (unpaired) electrons. The number of benzene rings is 1. The summed E-state index contributed by atoms with van der Waals surface area (Å²) in [5.74, 6) is 1.15. The monoisotopic (exact) mass is 389 g/mol. The van der Waals surface area contributed by atoms with Crippen LogP contribution in [0.1, 0.15) is 29.6 Å². The van der Waals surface area contributed by atoms with Gasteiger partial charge in [0.25, 0.3) is 5.91 Å². The molecule has 1 aliphatic heterocycles. The Kier molecular flexibility index (Phi) is 5.48. The minimum absolute atomic E-state index is 0.00663. The number of nitrogens with zero attached hydrogens (tertiary/aromatic N) is 2. The second kappa shape index (κ2) is 7.77. The molecule has 1 aliphatic rings. The summed E-state index contributed by atoms with van der Waals surface area (Å²) in [4.78, 5) is 18.8. The van der Waals surface area contributed by atoms with Gasteiger partial charge in [0, 0.05) is 35.9 Å². The van der Waals surface area contributed by atoms with E-state index in [1.54, 1.807) is 18.3 Å². The Morgan fingerprint density at radius 3 is 2.71 bits per heavy atom. The molecular weight excluding hydrogens is 370 g/mol. The molecular formula is C18H20BrN3O2. The molecule has 24 heavy (non-hydrogen) atoms. The summed E-state index contributed by atoms with van der Waals surface area (Å²) in [6.07, 6.45) is 4.70. The summed E-state index contributed by atoms with van der Waals surface area (Å²) in [6, 6.07) is 11.1. The number of rotatable bonds is 4. The third-order valence-electron chi connectivity index (χ3n) is 4.18. The number of aromatic nitrogens is 1. The largest absolute Gasteiger partial charge is 0.439 e. The summed E-state index contributed by atoms with van der Waals surface area (Å²) in [6.45, 7) is 1.27. The van der Waals surface area contributed by atoms with Crippen molar-refractivity contribution >= 4 is 21.8 Å². The van der Waals surface area contributed by atoms with Gasteiger partial charge in [-0.3, -0.25) is 4.79 Å². The molecule has 1 saturated heterocycles. The van der Waals surface area contributed by atoms with Crippen LogP contribution in [0.15, 0.2) is 47.1 Å². The van der Waals surface area contributed by atoms with Crippen molar-refractivity contribution in [2.75, 3.05) is 13.1 Å². The van der Waals surface area contributed by atoms with Crippen molar-refractivity contribution in [2.24, 2.45) is 5.73 Å². The van der Waals surface area contributed by atoms with E-state index in [-0.39, 0.29) is 11.9 Å². The van der Waals surface area contributed by atoms with E-state index in [4.69, 9.17) is 10.5 Å². The number of nitrogens with two attached hydrogens (primary N) is 1. The highest BCUT2D eigenvalue weighted by atomic mass is 79.9. The Hall–Kier alpha value is -1.92. The number of pyridine rings is 1. The maximum absolute atomic E-state index is 12.7. The predicted octanol–water partition coefficient (Wildman–Crippen LogP) is 3.59. The van der Waals surface area contributed by atoms with E-state index < -0.39 is 0 Å². The zero-order valence-corrected chi connectivity index (χ0v) is 14.9. The van der Waals surface area contributed by atoms with Crippen LogP contribution >= 0.6 is 15.9 Å². The fourth-order valence-electron chi connectivity index (χ4n) is 2.87. The highest BCUT2D eigenvalue weighted by molar-refractivity contribution is 9.10. The smallest absolute Gasteiger partial charge is 0.255 e. The number of likely N-dealkylation sites (tertiary alicyclic amines) is 1. The second-order valence-electron chi connectivity index (χ2n) is 5.82. The average molecular weight is 390 g/mol. The quantitative estimate of drug-likeness (QED) is 0.867. The molecule has 2 heterocycles. The minimum Gasteiger partial charge on any atom is -0.439 e. The lowest BCUT2D eigenvalue weighted by atomic mass is 10.0. The van der Waals surface area contributed by atoms with E-state index in [2.05, 4.69) is 20.9 Å². The summed E-state index contributed by atoms with van der Waals surface area (Å²) in [5.41, 5.74) is 6.37. The number of hydrogen-bond acceptors (Lipinski definition) is 4. The normalized spacial score (nSPS) is 17.6. The fraction of sp³-hybridized carbons (Fsp3) is 0.333. The first-order valence-electron chi connectivity index (χ1n) is 8.08. The molecule has 3 rings (SSSR count). The van der Waals surface area contributed by atoms with Crippen LogP contribution in [0, 0.1) is 0 Å². The predicted molar refractivity (Wildman–Crippen MR) is 96.2 cm³/mol. The molecule has 0 saturated carbocycles. The van der Waals surface area contributed by atoms with Crippen molar-refractivity contribution in [2.45, 2.75) is 25.3 Å². The molecule has 1 atom stereocenters. The molecule has 2 N–H and O–H groups in total. The fourth-order valence-corrected chi connectivity index (χ4v) is 3.13. The topological polar surface area (TPSA) is 68.5 Å². The van der Waals surface area contributed by atoms with Crippen molar-refractivity contribution in [1.82, 2.24) is 9.88 Å². The second-order valence-corrected chi connectivity index (χ2v) is 6.74. The molecule has 6 heteroatoms. The lowest BCUT2D eigenvalue weighted by Crippen LogP contribution is -2.47. The van der Waals surface area contributed by atoms with Crippen LogP contribution < -0.4 is 10.5 Å². The van der Waals surface area contributed by atoms with Gasteiger partial charge in [0.2, 0.25) is 5.88 Å². The lowest BCUT2D eigenvalue weighted by molar-refractivity contribution is 0.0623. The van der Waals surface area contributed by atoms with Gasteiger partial charge < -0.3 is 15.4 Å². The van der Waals surface area contributed by atoms with Gasteiger partial charge in [0.15, 0.2) is 0 Å². The molecule has 1 unspecified atom stereocenters. The number of halogens is 1. The van der Waals surface area contributed by atoms with Crippen molar-refractivity contribution in [3.05, 3.63) is 52.6 Å². The molecule has 1 fully saturated rings. The molecule has 5 nitrogen and oxygen atoms in total. The first-order valence-corrected chi connectivity index (χ1v) is 8.87. The van der Waals surface area contributed by atoms with E-state index in [0.29, 0.717) is 23.7 Å². The zero-order valence-electron chi connectivity index (χ0n) is 13.3. The molecule has 126 valence electrons. The van der Waals surface area contributed by atoms with Gasteiger partial charge in [-0.25, -0.2) is 4.98 Å². The van der Waals surface area contributed by atoms with Crippen molar-refractivity contribution in [1.29, 1.82) is 0 Å². The van der Waals surface area contributed by atoms with Gasteiger partial charge in [0.05, 0.1) is 5.56 Å². The molecule has 0 aliphatic carbocycles. The van der Waals surface area contributed by atoms with Gasteiger partial charge in [-0.1, -0.05) is 15.9 Å². The first-order chi connectivity index (χ1) is 11.7. The standard InChI is InChI=1S/C18H20BrN3O2/c19-14-5-7-16(8-6-14)24-17-9-4-13(12-21-17)18(23)22-10-2-1-3-15(22)11-20/h4-9,12,15H,1-3,10-11,20H2. The Balaban J connectivity index is 1.69. The van der Waals surface area contributed by atoms with Crippen LogP contribution in [-0.4, -0.2) is 34.9 Å². The molecule has 2 aromatic rings. The van der Waals surface area contributed by atoms with E-state index in [9.17, 15) is 4.79 Å². The maximum atomic E-state index is 12.7. The molecule has 0 spiro atoms. The van der Waals surface area contributed by atoms with Crippen LogP contribution in [0.3, 0.4) is 0 Å². The van der Waals surface area contributed by atoms with Crippen molar-refractivity contribution < 1.29 is 9.53 Å². The van der Waals surface area contributed by atoms with Crippen molar-refractivity contribution in [3.63, 3.8) is 0 Å². The Morgan fingerprint density at radius 1 is 1.25 bits per heavy atom. The minimum atomic E-state index is -0.00663. The van der Waals surface area contributed by atoms with E-state index in [0.717, 1.165) is 30.3 Å². The van der Waals surface area contributed by atoms with Gasteiger partial charge in [-0.05, 0) is 49.6 Å². The van der Waals surface area contributed by atoms with Crippen molar-refractivity contribution in [3.8, 4) is 11.6 Å². The summed E-state index contributed by atoms with van der Waals surface area (Å²) in [7, 11) is 0. The highest BCUT2D eigenvalue weighted by Gasteiger charge is 2.26. The van der Waals surface area contributed by atoms with Gasteiger partial charge >= 0.3 is 0 Å². The summed E-state index contributed by atoms with van der Waals surface area (Å²) < 4.78 is 6.66. The van der Waals surface area contributed by atoms with Gasteiger partial charge in [-0.2, -0.15) is 0 Å². The molecule has 0 bridgehead atoms. The van der Waals surface area contributed by atoms with E-state index in [1.165, 1.54) is 0 Å². The molecule has 1 amide bonds. The molecule has 1 aromatic heterocycles. The summed E-state index contributed by atoms with van der Waals surface area (Å²) in [5, 5.41) is 0. The van der Waals surface area contributed by atoms with E-state index in [1.807, 2.05) is 29.2 Å². The number of hydrogen-bond donors (Lipinski definition) is 1. The molecule has 1 aromatic carbocycles. The third-order valence-corrected chi connectivity index (χ3v) is 4.71. The maximum Gasteiger partial charge on any atom is 0.255 e. The number of carbonyl (C=O) groups excluding carboxylic acids is 1. The Morgan fingerprint density at radius 2 is 2.04 bits per heavy atom. The van der Waals surface area contributed by atoms with E-state index >= 15 is 0 Å². The number of amides is 1. The average Bonchev–Trinajstić information content (AvgIpc) is 2.63. The van der Waals surface area contributed by atoms with Crippen LogP contribution in [0.4, 0.5) is 0 Å². The lowest BCUT2D eigenvalue weighted by Gasteiger charge is -2.35. The summed E-state index contributed by atoms with van der Waals surface area (Å²) >= 11 is 3.38.